The Morgan fingerprint density at radius 2 is 1.91 bits per heavy atom. The lowest BCUT2D eigenvalue weighted by atomic mass is 10.2. The minimum Gasteiger partial charge on any atom is -0.455 e. The van der Waals surface area contributed by atoms with E-state index >= 15 is 0 Å². The van der Waals surface area contributed by atoms with Crippen LogP contribution in [0.3, 0.4) is 0 Å². The number of benzene rings is 1. The molecule has 0 atom stereocenters. The molecule has 0 aliphatic carbocycles. The van der Waals surface area contributed by atoms with Crippen molar-refractivity contribution in [3.05, 3.63) is 65.3 Å². The second-order valence-electron chi connectivity index (χ2n) is 4.80. The van der Waals surface area contributed by atoms with Gasteiger partial charge in [0.2, 0.25) is 0 Å². The van der Waals surface area contributed by atoms with Crippen LogP contribution in [0.2, 0.25) is 0 Å². The van der Waals surface area contributed by atoms with Crippen LogP contribution in [-0.2, 0) is 11.3 Å². The Kier molecular flexibility index (Phi) is 3.36. The molecule has 0 N–H and O–H groups in total. The van der Waals surface area contributed by atoms with Gasteiger partial charge in [0, 0.05) is 21.0 Å². The fourth-order valence-corrected chi connectivity index (χ4v) is 4.71. The van der Waals surface area contributed by atoms with Crippen LogP contribution in [0.1, 0.15) is 15.4 Å². The van der Waals surface area contributed by atoms with Crippen molar-refractivity contribution in [2.75, 3.05) is 0 Å². The van der Waals surface area contributed by atoms with Gasteiger partial charge in [-0.15, -0.1) is 22.7 Å². The van der Waals surface area contributed by atoms with Gasteiger partial charge in [0.25, 0.3) is 0 Å². The van der Waals surface area contributed by atoms with E-state index in [-0.39, 0.29) is 12.6 Å². The van der Waals surface area contributed by atoms with Crippen LogP contribution < -0.4 is 0 Å². The van der Waals surface area contributed by atoms with Crippen molar-refractivity contribution in [1.82, 2.24) is 4.98 Å². The Hall–Kier alpha value is -2.24. The smallest absolute Gasteiger partial charge is 0.348 e. The maximum Gasteiger partial charge on any atom is 0.348 e. The van der Waals surface area contributed by atoms with Gasteiger partial charge in [-0.25, -0.2) is 4.79 Å². The summed E-state index contributed by atoms with van der Waals surface area (Å²) in [6.07, 6.45) is 1.69. The first-order valence-corrected chi connectivity index (χ1v) is 8.43. The minimum atomic E-state index is -0.289. The molecule has 4 rings (SSSR count). The average molecular weight is 325 g/mol. The van der Waals surface area contributed by atoms with Gasteiger partial charge in [-0.3, -0.25) is 4.98 Å². The maximum atomic E-state index is 12.2. The number of thiophene rings is 2. The number of esters is 1. The molecule has 3 aromatic heterocycles. The Balaban J connectivity index is 1.59. The van der Waals surface area contributed by atoms with Gasteiger partial charge in [-0.2, -0.15) is 0 Å². The Morgan fingerprint density at radius 3 is 2.77 bits per heavy atom. The third-order valence-electron chi connectivity index (χ3n) is 3.33. The molecular formula is C17H11NO2S2. The van der Waals surface area contributed by atoms with Crippen LogP contribution in [0.4, 0.5) is 0 Å². The Labute approximate surface area is 134 Å². The fraction of sp³-hybridized carbons (Fsp3) is 0.0588. The molecule has 1 aromatic carbocycles. The van der Waals surface area contributed by atoms with E-state index in [0.29, 0.717) is 4.88 Å². The van der Waals surface area contributed by atoms with Crippen LogP contribution in [0.5, 0.6) is 0 Å². The normalized spacial score (nSPS) is 11.1. The van der Waals surface area contributed by atoms with Crippen molar-refractivity contribution >= 4 is 48.1 Å². The summed E-state index contributed by atoms with van der Waals surface area (Å²) in [7, 11) is 0. The molecule has 0 aliphatic rings. The van der Waals surface area contributed by atoms with E-state index in [0.717, 1.165) is 15.1 Å². The summed E-state index contributed by atoms with van der Waals surface area (Å²) < 4.78 is 8.88. The van der Waals surface area contributed by atoms with E-state index in [9.17, 15) is 4.79 Å². The number of hydrogen-bond donors (Lipinski definition) is 0. The molecule has 0 aliphatic heterocycles. The van der Waals surface area contributed by atoms with E-state index < -0.39 is 0 Å². The van der Waals surface area contributed by atoms with Crippen LogP contribution in [0, 0.1) is 0 Å². The van der Waals surface area contributed by atoms with Gasteiger partial charge in [0.1, 0.15) is 11.5 Å². The van der Waals surface area contributed by atoms with E-state index in [1.807, 2.05) is 36.4 Å². The SMILES string of the molecule is O=C(OCc1ccccn1)c1cc2sc3ccccc3c2s1. The minimum absolute atomic E-state index is 0.200. The maximum absolute atomic E-state index is 12.2. The third-order valence-corrected chi connectivity index (χ3v) is 5.72. The lowest BCUT2D eigenvalue weighted by Crippen LogP contribution is -2.03. The predicted molar refractivity (Wildman–Crippen MR) is 90.6 cm³/mol. The number of aromatic nitrogens is 1. The zero-order chi connectivity index (χ0) is 14.9. The van der Waals surface area contributed by atoms with Gasteiger partial charge < -0.3 is 4.74 Å². The molecule has 22 heavy (non-hydrogen) atoms. The summed E-state index contributed by atoms with van der Waals surface area (Å²) in [5.41, 5.74) is 0.750. The van der Waals surface area contributed by atoms with Crippen molar-refractivity contribution in [1.29, 1.82) is 0 Å². The number of carbonyl (C=O) groups excluding carboxylic acids is 1. The first-order valence-electron chi connectivity index (χ1n) is 6.79. The molecule has 0 bridgehead atoms. The molecule has 4 aromatic rings. The van der Waals surface area contributed by atoms with E-state index in [4.69, 9.17) is 4.74 Å². The van der Waals surface area contributed by atoms with E-state index in [1.165, 1.54) is 21.4 Å². The lowest BCUT2D eigenvalue weighted by molar-refractivity contribution is 0.0473. The molecule has 0 spiro atoms. The summed E-state index contributed by atoms with van der Waals surface area (Å²) in [6.45, 7) is 0.200. The number of pyridine rings is 1. The highest BCUT2D eigenvalue weighted by atomic mass is 32.1. The summed E-state index contributed by atoms with van der Waals surface area (Å²) in [5.74, 6) is -0.289. The highest BCUT2D eigenvalue weighted by molar-refractivity contribution is 7.33. The molecule has 0 saturated heterocycles. The first-order chi connectivity index (χ1) is 10.8. The van der Waals surface area contributed by atoms with Crippen LogP contribution in [0.25, 0.3) is 19.5 Å². The van der Waals surface area contributed by atoms with Crippen LogP contribution >= 0.6 is 22.7 Å². The van der Waals surface area contributed by atoms with Gasteiger partial charge in [0.05, 0.1) is 10.4 Å². The summed E-state index contributed by atoms with van der Waals surface area (Å²) in [5, 5.41) is 1.20. The third kappa shape index (κ3) is 2.38. The van der Waals surface area contributed by atoms with Gasteiger partial charge in [-0.05, 0) is 24.3 Å². The molecule has 0 fully saturated rings. The molecule has 0 radical (unpaired) electrons. The lowest BCUT2D eigenvalue weighted by Gasteiger charge is -2.01. The molecule has 0 amide bonds. The van der Waals surface area contributed by atoms with Crippen LogP contribution in [-0.4, -0.2) is 11.0 Å². The molecule has 3 heterocycles. The van der Waals surface area contributed by atoms with Crippen molar-refractivity contribution in [2.24, 2.45) is 0 Å². The Bertz CT molecular complexity index is 957. The number of carbonyl (C=O) groups is 1. The first kappa shape index (κ1) is 13.4. The van der Waals surface area contributed by atoms with Crippen LogP contribution in [0.15, 0.2) is 54.7 Å². The van der Waals surface area contributed by atoms with E-state index in [2.05, 4.69) is 17.1 Å². The van der Waals surface area contributed by atoms with Gasteiger partial charge >= 0.3 is 5.97 Å². The number of rotatable bonds is 3. The number of fused-ring (bicyclic) bond motifs is 3. The van der Waals surface area contributed by atoms with Crippen molar-refractivity contribution in [3.63, 3.8) is 0 Å². The van der Waals surface area contributed by atoms with Crippen molar-refractivity contribution < 1.29 is 9.53 Å². The highest BCUT2D eigenvalue weighted by Crippen LogP contribution is 2.39. The average Bonchev–Trinajstić information content (AvgIpc) is 3.11. The molecule has 5 heteroatoms. The van der Waals surface area contributed by atoms with Gasteiger partial charge in [0.15, 0.2) is 0 Å². The Morgan fingerprint density at radius 1 is 1.05 bits per heavy atom. The molecule has 0 saturated carbocycles. The molecule has 3 nitrogen and oxygen atoms in total. The zero-order valence-electron chi connectivity index (χ0n) is 11.5. The monoisotopic (exact) mass is 325 g/mol. The van der Waals surface area contributed by atoms with Crippen molar-refractivity contribution in [3.8, 4) is 0 Å². The van der Waals surface area contributed by atoms with Gasteiger partial charge in [-0.1, -0.05) is 24.3 Å². The molecular weight excluding hydrogens is 314 g/mol. The fourth-order valence-electron chi connectivity index (χ4n) is 2.29. The van der Waals surface area contributed by atoms with E-state index in [1.54, 1.807) is 17.5 Å². The molecule has 108 valence electrons. The summed E-state index contributed by atoms with van der Waals surface area (Å²) in [6, 6.07) is 15.7. The summed E-state index contributed by atoms with van der Waals surface area (Å²) in [4.78, 5) is 17.0. The number of hydrogen-bond acceptors (Lipinski definition) is 5. The van der Waals surface area contributed by atoms with Crippen molar-refractivity contribution in [2.45, 2.75) is 6.61 Å². The predicted octanol–water partition coefficient (Wildman–Crippen LogP) is 4.87. The molecule has 0 unspecified atom stereocenters. The highest BCUT2D eigenvalue weighted by Gasteiger charge is 2.15. The second-order valence-corrected chi connectivity index (χ2v) is 6.94. The largest absolute Gasteiger partial charge is 0.455 e. The number of ether oxygens (including phenoxy) is 1. The second kappa shape index (κ2) is 5.51. The quantitative estimate of drug-likeness (QED) is 0.505. The number of nitrogens with zero attached hydrogens (tertiary/aromatic N) is 1. The summed E-state index contributed by atoms with van der Waals surface area (Å²) >= 11 is 3.20. The standard InChI is InChI=1S/C17H11NO2S2/c19-17(20-10-11-5-3-4-8-18-11)15-9-14-16(22-15)12-6-1-2-7-13(12)21-14/h1-9H,10H2. The topological polar surface area (TPSA) is 39.2 Å². The zero-order valence-corrected chi connectivity index (χ0v) is 13.1.